The zero-order valence-corrected chi connectivity index (χ0v) is 16.3. The van der Waals surface area contributed by atoms with Crippen LogP contribution in [0.2, 0.25) is 0 Å². The smallest absolute Gasteiger partial charge is 0.264 e. The minimum Gasteiger partial charge on any atom is -0.347 e. The number of anilines is 1. The standard InChI is InChI=1S/C21H21N2S2/c1-5-14-24-19-12-8-6-10-17(19)22(3)16(2)15-21-23(4)18-11-7-9-13-20(18)25-21/h1,6-13,15H,14H2,2-4H3/q+1. The zero-order chi connectivity index (χ0) is 17.8. The summed E-state index contributed by atoms with van der Waals surface area (Å²) in [4.78, 5) is 3.43. The number of fused-ring (bicyclic) bond motifs is 1. The van der Waals surface area contributed by atoms with E-state index in [1.807, 2.05) is 11.3 Å². The summed E-state index contributed by atoms with van der Waals surface area (Å²) in [6.45, 7) is 2.15. The summed E-state index contributed by atoms with van der Waals surface area (Å²) in [5.41, 5.74) is 3.63. The van der Waals surface area contributed by atoms with Crippen LogP contribution in [-0.2, 0) is 7.05 Å². The molecule has 0 spiro atoms. The van der Waals surface area contributed by atoms with Gasteiger partial charge in [-0.1, -0.05) is 41.5 Å². The maximum Gasteiger partial charge on any atom is 0.264 e. The molecule has 3 aromatic rings. The molecule has 0 unspecified atom stereocenters. The summed E-state index contributed by atoms with van der Waals surface area (Å²) in [6, 6.07) is 16.9. The molecule has 0 amide bonds. The minimum atomic E-state index is 0.679. The van der Waals surface area contributed by atoms with Gasteiger partial charge in [-0.2, -0.15) is 4.57 Å². The van der Waals surface area contributed by atoms with Crippen LogP contribution in [0.5, 0.6) is 0 Å². The third kappa shape index (κ3) is 3.73. The summed E-state index contributed by atoms with van der Waals surface area (Å²) in [5, 5.41) is 1.24. The van der Waals surface area contributed by atoms with Crippen molar-refractivity contribution in [2.75, 3.05) is 17.7 Å². The number of terminal acetylenes is 1. The molecule has 2 aromatic carbocycles. The minimum absolute atomic E-state index is 0.679. The van der Waals surface area contributed by atoms with Crippen LogP contribution in [0.1, 0.15) is 11.9 Å². The number of benzene rings is 2. The van der Waals surface area contributed by atoms with E-state index < -0.39 is 0 Å². The number of rotatable bonds is 5. The lowest BCUT2D eigenvalue weighted by Gasteiger charge is -2.22. The first-order valence-electron chi connectivity index (χ1n) is 8.06. The maximum absolute atomic E-state index is 5.42. The fraction of sp³-hybridized carbons (Fsp3) is 0.190. The lowest BCUT2D eigenvalue weighted by molar-refractivity contribution is -0.642. The number of thioether (sulfide) groups is 1. The van der Waals surface area contributed by atoms with Gasteiger partial charge in [-0.3, -0.25) is 0 Å². The van der Waals surface area contributed by atoms with Crippen molar-refractivity contribution in [3.05, 3.63) is 59.2 Å². The predicted octanol–water partition coefficient (Wildman–Crippen LogP) is 4.95. The van der Waals surface area contributed by atoms with Gasteiger partial charge in [0.15, 0.2) is 0 Å². The molecule has 3 rings (SSSR count). The van der Waals surface area contributed by atoms with Crippen LogP contribution in [0.25, 0.3) is 16.3 Å². The molecule has 1 aromatic heterocycles. The van der Waals surface area contributed by atoms with Crippen LogP contribution in [0.4, 0.5) is 5.69 Å². The van der Waals surface area contributed by atoms with Gasteiger partial charge in [0.1, 0.15) is 11.7 Å². The van der Waals surface area contributed by atoms with E-state index >= 15 is 0 Å². The molecule has 4 heteroatoms. The number of hydrogen-bond acceptors (Lipinski definition) is 3. The second-order valence-electron chi connectivity index (χ2n) is 5.77. The second kappa shape index (κ2) is 7.77. The van der Waals surface area contributed by atoms with Gasteiger partial charge in [0.05, 0.1) is 11.4 Å². The van der Waals surface area contributed by atoms with Gasteiger partial charge in [-0.25, -0.2) is 0 Å². The van der Waals surface area contributed by atoms with Crippen molar-refractivity contribution in [2.24, 2.45) is 7.05 Å². The van der Waals surface area contributed by atoms with Gasteiger partial charge in [-0.15, -0.1) is 18.2 Å². The molecule has 0 saturated carbocycles. The van der Waals surface area contributed by atoms with Crippen LogP contribution in [-0.4, -0.2) is 12.8 Å². The first-order valence-corrected chi connectivity index (χ1v) is 9.87. The molecule has 0 aliphatic rings. The van der Waals surface area contributed by atoms with Crippen LogP contribution in [0, 0.1) is 12.3 Å². The monoisotopic (exact) mass is 365 g/mol. The average molecular weight is 366 g/mol. The Morgan fingerprint density at radius 1 is 1.24 bits per heavy atom. The quantitative estimate of drug-likeness (QED) is 0.359. The number of hydrogen-bond donors (Lipinski definition) is 0. The molecule has 0 saturated heterocycles. The predicted molar refractivity (Wildman–Crippen MR) is 111 cm³/mol. The lowest BCUT2D eigenvalue weighted by atomic mass is 10.2. The molecule has 0 aliphatic carbocycles. The summed E-state index contributed by atoms with van der Waals surface area (Å²) in [5.74, 6) is 3.38. The Morgan fingerprint density at radius 2 is 1.96 bits per heavy atom. The molecule has 126 valence electrons. The first-order chi connectivity index (χ1) is 12.1. The van der Waals surface area contributed by atoms with E-state index in [0.717, 1.165) is 0 Å². The molecular formula is C21H21N2S2+. The molecule has 0 radical (unpaired) electrons. The second-order valence-corrected chi connectivity index (χ2v) is 7.85. The molecule has 2 nitrogen and oxygen atoms in total. The lowest BCUT2D eigenvalue weighted by Crippen LogP contribution is -2.29. The largest absolute Gasteiger partial charge is 0.347 e. The number of nitrogens with zero attached hydrogens (tertiary/aromatic N) is 2. The fourth-order valence-electron chi connectivity index (χ4n) is 2.69. The van der Waals surface area contributed by atoms with Crippen molar-refractivity contribution in [1.82, 2.24) is 0 Å². The van der Waals surface area contributed by atoms with E-state index in [1.54, 1.807) is 11.8 Å². The Bertz CT molecular complexity index is 963. The van der Waals surface area contributed by atoms with Crippen LogP contribution < -0.4 is 9.47 Å². The molecular weight excluding hydrogens is 344 g/mol. The average Bonchev–Trinajstić information content (AvgIpc) is 2.95. The number of thiazole rings is 1. The SMILES string of the molecule is C#CCSc1ccccc1N(C)/C(C)=C/c1sc2ccccc2[n+]1C. The number of aromatic nitrogens is 1. The van der Waals surface area contributed by atoms with Gasteiger partial charge in [-0.05, 0) is 25.1 Å². The summed E-state index contributed by atoms with van der Waals surface area (Å²) >= 11 is 3.51. The van der Waals surface area contributed by atoms with E-state index in [0.29, 0.717) is 5.75 Å². The fourth-order valence-corrected chi connectivity index (χ4v) is 4.60. The molecule has 0 aliphatic heterocycles. The Labute approximate surface area is 157 Å². The molecule has 0 N–H and O–H groups in total. The van der Waals surface area contributed by atoms with Gasteiger partial charge in [0.25, 0.3) is 5.01 Å². The van der Waals surface area contributed by atoms with E-state index in [-0.39, 0.29) is 0 Å². The normalized spacial score (nSPS) is 11.5. The van der Waals surface area contributed by atoms with Crippen LogP contribution >= 0.6 is 23.1 Å². The number of para-hydroxylation sites is 2. The van der Waals surface area contributed by atoms with Crippen molar-refractivity contribution < 1.29 is 4.57 Å². The molecule has 1 heterocycles. The third-order valence-corrected chi connectivity index (χ3v) is 6.30. The van der Waals surface area contributed by atoms with Gasteiger partial charge in [0, 0.05) is 29.8 Å². The third-order valence-electron chi connectivity index (χ3n) is 4.17. The van der Waals surface area contributed by atoms with Crippen molar-refractivity contribution in [1.29, 1.82) is 0 Å². The van der Waals surface area contributed by atoms with Gasteiger partial charge >= 0.3 is 0 Å². The Morgan fingerprint density at radius 3 is 2.72 bits per heavy atom. The Balaban J connectivity index is 1.94. The van der Waals surface area contributed by atoms with E-state index in [9.17, 15) is 0 Å². The van der Waals surface area contributed by atoms with Crippen molar-refractivity contribution in [3.8, 4) is 12.3 Å². The summed E-state index contributed by atoms with van der Waals surface area (Å²) in [7, 11) is 4.23. The number of aryl methyl sites for hydroxylation is 1. The van der Waals surface area contributed by atoms with Gasteiger partial charge in [0.2, 0.25) is 5.52 Å². The topological polar surface area (TPSA) is 7.12 Å². The molecule has 0 fully saturated rings. The van der Waals surface area contributed by atoms with Crippen molar-refractivity contribution in [2.45, 2.75) is 11.8 Å². The highest BCUT2D eigenvalue weighted by Crippen LogP contribution is 2.31. The highest BCUT2D eigenvalue weighted by molar-refractivity contribution is 7.99. The Hall–Kier alpha value is -2.22. The molecule has 0 atom stereocenters. The Kier molecular flexibility index (Phi) is 5.47. The summed E-state index contributed by atoms with van der Waals surface area (Å²) in [6.07, 6.45) is 7.66. The zero-order valence-electron chi connectivity index (χ0n) is 14.7. The molecule has 0 bridgehead atoms. The number of allylic oxidation sites excluding steroid dienone is 1. The summed E-state index contributed by atoms with van der Waals surface area (Å²) < 4.78 is 3.55. The van der Waals surface area contributed by atoms with E-state index in [4.69, 9.17) is 6.42 Å². The van der Waals surface area contributed by atoms with Crippen LogP contribution in [0.15, 0.2) is 59.1 Å². The maximum atomic E-state index is 5.42. The highest BCUT2D eigenvalue weighted by Gasteiger charge is 2.16. The van der Waals surface area contributed by atoms with Gasteiger partial charge < -0.3 is 4.90 Å². The van der Waals surface area contributed by atoms with Crippen molar-refractivity contribution in [3.63, 3.8) is 0 Å². The van der Waals surface area contributed by atoms with E-state index in [2.05, 4.69) is 91.0 Å². The van der Waals surface area contributed by atoms with E-state index in [1.165, 1.54) is 31.5 Å². The van der Waals surface area contributed by atoms with Crippen LogP contribution in [0.3, 0.4) is 0 Å². The highest BCUT2D eigenvalue weighted by atomic mass is 32.2. The van der Waals surface area contributed by atoms with Crippen molar-refractivity contribution >= 4 is 45.1 Å². The first kappa shape index (κ1) is 17.6. The molecule has 25 heavy (non-hydrogen) atoms.